The van der Waals surface area contributed by atoms with Crippen LogP contribution in [0.2, 0.25) is 5.02 Å². The maximum Gasteiger partial charge on any atom is 0.259 e. The van der Waals surface area contributed by atoms with Gasteiger partial charge >= 0.3 is 0 Å². The molecule has 0 spiro atoms. The molecule has 0 aliphatic rings. The second-order valence-electron chi connectivity index (χ2n) is 5.43. The van der Waals surface area contributed by atoms with Gasteiger partial charge in [0, 0.05) is 16.3 Å². The summed E-state index contributed by atoms with van der Waals surface area (Å²) >= 11 is 5.90. The Bertz CT molecular complexity index is 811. The second-order valence-corrected chi connectivity index (χ2v) is 5.86. The molecule has 1 amide bonds. The molecular formula is C20H20ClNO2. The SMILES string of the molecule is C=C(C)/C(=C\C=C/C)NC(=O)c1cc(-c2ccc(Cl)cc2)oc1C. The van der Waals surface area contributed by atoms with Crippen LogP contribution in [0.5, 0.6) is 0 Å². The second kappa shape index (κ2) is 7.84. The first-order valence-corrected chi connectivity index (χ1v) is 7.96. The summed E-state index contributed by atoms with van der Waals surface area (Å²) in [5, 5.41) is 3.53. The van der Waals surface area contributed by atoms with Gasteiger partial charge in [0.1, 0.15) is 11.5 Å². The molecule has 124 valence electrons. The summed E-state index contributed by atoms with van der Waals surface area (Å²) < 4.78 is 5.73. The molecule has 0 aliphatic heterocycles. The topological polar surface area (TPSA) is 42.2 Å². The fraction of sp³-hybridized carbons (Fsp3) is 0.150. The zero-order valence-electron chi connectivity index (χ0n) is 14.0. The highest BCUT2D eigenvalue weighted by molar-refractivity contribution is 6.30. The normalized spacial score (nSPS) is 11.8. The Morgan fingerprint density at radius 2 is 1.96 bits per heavy atom. The van der Waals surface area contributed by atoms with Crippen LogP contribution in [0.4, 0.5) is 0 Å². The van der Waals surface area contributed by atoms with Gasteiger partial charge in [0.05, 0.1) is 5.56 Å². The summed E-state index contributed by atoms with van der Waals surface area (Å²) in [7, 11) is 0. The molecule has 1 aromatic carbocycles. The van der Waals surface area contributed by atoms with Gasteiger partial charge < -0.3 is 9.73 Å². The van der Waals surface area contributed by atoms with E-state index in [4.69, 9.17) is 16.0 Å². The average Bonchev–Trinajstić information content (AvgIpc) is 2.93. The molecule has 0 atom stereocenters. The smallest absolute Gasteiger partial charge is 0.259 e. The van der Waals surface area contributed by atoms with Crippen molar-refractivity contribution in [3.05, 3.63) is 82.8 Å². The van der Waals surface area contributed by atoms with E-state index >= 15 is 0 Å². The van der Waals surface area contributed by atoms with Gasteiger partial charge in [-0.2, -0.15) is 0 Å². The lowest BCUT2D eigenvalue weighted by molar-refractivity contribution is 0.0965. The number of rotatable bonds is 5. The molecule has 0 fully saturated rings. The number of aryl methyl sites for hydroxylation is 1. The molecule has 1 N–H and O–H groups in total. The van der Waals surface area contributed by atoms with Crippen molar-refractivity contribution in [3.63, 3.8) is 0 Å². The van der Waals surface area contributed by atoms with E-state index in [2.05, 4.69) is 11.9 Å². The number of nitrogens with one attached hydrogen (secondary N) is 1. The van der Waals surface area contributed by atoms with Crippen LogP contribution in [0.3, 0.4) is 0 Å². The number of hydrogen-bond donors (Lipinski definition) is 1. The van der Waals surface area contributed by atoms with Crippen molar-refractivity contribution in [2.24, 2.45) is 0 Å². The Morgan fingerprint density at radius 3 is 2.54 bits per heavy atom. The van der Waals surface area contributed by atoms with E-state index in [1.54, 1.807) is 25.1 Å². The van der Waals surface area contributed by atoms with Crippen LogP contribution >= 0.6 is 11.6 Å². The summed E-state index contributed by atoms with van der Waals surface area (Å²) in [6.07, 6.45) is 5.55. The van der Waals surface area contributed by atoms with Gasteiger partial charge in [-0.1, -0.05) is 30.3 Å². The van der Waals surface area contributed by atoms with Crippen LogP contribution in [-0.2, 0) is 0 Å². The van der Waals surface area contributed by atoms with Crippen molar-refractivity contribution >= 4 is 17.5 Å². The zero-order valence-corrected chi connectivity index (χ0v) is 14.8. The van der Waals surface area contributed by atoms with Gasteiger partial charge in [0.15, 0.2) is 0 Å². The molecule has 2 rings (SSSR count). The standard InChI is InChI=1S/C20H20ClNO2/c1-5-6-7-18(13(2)3)22-20(23)17-12-19(24-14(17)4)15-8-10-16(21)11-9-15/h5-12H,2H2,1,3-4H3,(H,22,23)/b6-5-,18-7+. The van der Waals surface area contributed by atoms with E-state index in [0.29, 0.717) is 27.8 Å². The molecule has 1 heterocycles. The number of hydrogen-bond acceptors (Lipinski definition) is 2. The van der Waals surface area contributed by atoms with Crippen LogP contribution in [0.1, 0.15) is 30.0 Å². The highest BCUT2D eigenvalue weighted by Gasteiger charge is 2.17. The Balaban J connectivity index is 2.27. The highest BCUT2D eigenvalue weighted by atomic mass is 35.5. The van der Waals surface area contributed by atoms with E-state index in [9.17, 15) is 4.79 Å². The number of carbonyl (C=O) groups is 1. The van der Waals surface area contributed by atoms with Gasteiger partial charge in [0.25, 0.3) is 5.91 Å². The minimum atomic E-state index is -0.227. The predicted octanol–water partition coefficient (Wildman–Crippen LogP) is 5.67. The van der Waals surface area contributed by atoms with Gasteiger partial charge in [-0.3, -0.25) is 4.79 Å². The first-order chi connectivity index (χ1) is 11.4. The number of amides is 1. The quantitative estimate of drug-likeness (QED) is 0.711. The Labute approximate surface area is 147 Å². The number of benzene rings is 1. The van der Waals surface area contributed by atoms with E-state index < -0.39 is 0 Å². The van der Waals surface area contributed by atoms with Crippen LogP contribution < -0.4 is 5.32 Å². The average molecular weight is 342 g/mol. The Morgan fingerprint density at radius 1 is 1.29 bits per heavy atom. The van der Waals surface area contributed by atoms with Crippen molar-refractivity contribution in [2.75, 3.05) is 0 Å². The molecule has 4 heteroatoms. The van der Waals surface area contributed by atoms with Crippen LogP contribution in [-0.4, -0.2) is 5.91 Å². The van der Waals surface area contributed by atoms with Crippen molar-refractivity contribution in [1.29, 1.82) is 0 Å². The minimum absolute atomic E-state index is 0.227. The zero-order chi connectivity index (χ0) is 17.7. The number of allylic oxidation sites excluding steroid dienone is 4. The molecule has 0 saturated heterocycles. The molecule has 1 aromatic heterocycles. The molecule has 2 aromatic rings. The van der Waals surface area contributed by atoms with Crippen molar-refractivity contribution < 1.29 is 9.21 Å². The van der Waals surface area contributed by atoms with E-state index in [-0.39, 0.29) is 5.91 Å². The van der Waals surface area contributed by atoms with Crippen molar-refractivity contribution in [2.45, 2.75) is 20.8 Å². The van der Waals surface area contributed by atoms with Crippen molar-refractivity contribution in [1.82, 2.24) is 5.32 Å². The molecule has 0 saturated carbocycles. The van der Waals surface area contributed by atoms with Crippen LogP contribution in [0.25, 0.3) is 11.3 Å². The van der Waals surface area contributed by atoms with Gasteiger partial charge in [-0.15, -0.1) is 0 Å². The fourth-order valence-electron chi connectivity index (χ4n) is 2.14. The lowest BCUT2D eigenvalue weighted by atomic mass is 10.1. The van der Waals surface area contributed by atoms with E-state index in [0.717, 1.165) is 11.1 Å². The highest BCUT2D eigenvalue weighted by Crippen LogP contribution is 2.26. The minimum Gasteiger partial charge on any atom is -0.461 e. The molecular weight excluding hydrogens is 322 g/mol. The summed E-state index contributed by atoms with van der Waals surface area (Å²) in [5.74, 6) is 0.961. The lowest BCUT2D eigenvalue weighted by Gasteiger charge is -2.08. The molecule has 0 aliphatic carbocycles. The lowest BCUT2D eigenvalue weighted by Crippen LogP contribution is -2.23. The monoisotopic (exact) mass is 341 g/mol. The molecule has 24 heavy (non-hydrogen) atoms. The number of furan rings is 1. The van der Waals surface area contributed by atoms with E-state index in [1.807, 2.05) is 44.2 Å². The number of halogens is 1. The largest absolute Gasteiger partial charge is 0.461 e. The third-order valence-corrected chi connectivity index (χ3v) is 3.71. The first-order valence-electron chi connectivity index (χ1n) is 7.59. The third-order valence-electron chi connectivity index (χ3n) is 3.45. The molecule has 0 radical (unpaired) electrons. The third kappa shape index (κ3) is 4.27. The summed E-state index contributed by atoms with van der Waals surface area (Å²) in [6, 6.07) is 9.02. The molecule has 3 nitrogen and oxygen atoms in total. The summed E-state index contributed by atoms with van der Waals surface area (Å²) in [4.78, 5) is 12.5. The predicted molar refractivity (Wildman–Crippen MR) is 99.1 cm³/mol. The van der Waals surface area contributed by atoms with Crippen LogP contribution in [0, 0.1) is 6.92 Å². The molecule has 0 unspecified atom stereocenters. The van der Waals surface area contributed by atoms with Crippen LogP contribution in [0.15, 0.2) is 70.8 Å². The Hall–Kier alpha value is -2.52. The van der Waals surface area contributed by atoms with E-state index in [1.165, 1.54) is 0 Å². The van der Waals surface area contributed by atoms with Crippen molar-refractivity contribution in [3.8, 4) is 11.3 Å². The summed E-state index contributed by atoms with van der Waals surface area (Å²) in [5.41, 5.74) is 2.81. The fourth-order valence-corrected chi connectivity index (χ4v) is 2.26. The Kier molecular flexibility index (Phi) is 5.83. The van der Waals surface area contributed by atoms with Gasteiger partial charge in [-0.05, 0) is 62.8 Å². The number of carbonyl (C=O) groups excluding carboxylic acids is 1. The van der Waals surface area contributed by atoms with Gasteiger partial charge in [0.2, 0.25) is 0 Å². The summed E-state index contributed by atoms with van der Waals surface area (Å²) in [6.45, 7) is 9.41. The molecule has 0 bridgehead atoms. The maximum atomic E-state index is 12.5. The maximum absolute atomic E-state index is 12.5. The first kappa shape index (κ1) is 17.8. The van der Waals surface area contributed by atoms with Gasteiger partial charge in [-0.25, -0.2) is 0 Å².